The Morgan fingerprint density at radius 2 is 2.11 bits per heavy atom. The average Bonchev–Trinajstić information content (AvgIpc) is 2.90. The van der Waals surface area contributed by atoms with Crippen molar-refractivity contribution in [2.45, 2.75) is 50.2 Å². The van der Waals surface area contributed by atoms with Gasteiger partial charge < -0.3 is 19.3 Å². The molecule has 1 N–H and O–H groups in total. The predicted octanol–water partition coefficient (Wildman–Crippen LogP) is 3.14. The van der Waals surface area contributed by atoms with Crippen LogP contribution in [0.4, 0.5) is 0 Å². The molecule has 2 aliphatic rings. The smallest absolute Gasteiger partial charge is 0.338 e. The van der Waals surface area contributed by atoms with Crippen LogP contribution in [0.25, 0.3) is 0 Å². The lowest BCUT2D eigenvalue weighted by Crippen LogP contribution is -2.53. The third-order valence-corrected chi connectivity index (χ3v) is 6.31. The van der Waals surface area contributed by atoms with Gasteiger partial charge in [-0.25, -0.2) is 4.79 Å². The van der Waals surface area contributed by atoms with Crippen molar-refractivity contribution in [2.75, 3.05) is 20.3 Å². The van der Waals surface area contributed by atoms with E-state index in [0.29, 0.717) is 36.3 Å². The molecular weight excluding hydrogens is 372 g/mol. The van der Waals surface area contributed by atoms with E-state index in [0.717, 1.165) is 6.42 Å². The van der Waals surface area contributed by atoms with Gasteiger partial charge in [-0.3, -0.25) is 4.79 Å². The van der Waals surface area contributed by atoms with Gasteiger partial charge in [-0.05, 0) is 50.3 Å². The Balaban J connectivity index is 1.89. The first-order valence-electron chi connectivity index (χ1n) is 9.18. The van der Waals surface area contributed by atoms with Crippen molar-refractivity contribution in [1.29, 1.82) is 0 Å². The standard InChI is InChI=1S/C20H25ClO6/c1-3-20(13-26-16(23)14-6-4-7-15(21)10-14)19(17(24)25-2)9-5-8-18(11-19,12-22)27-20/h4,6-7,10,22H,3,5,8-9,11-13H2,1-2H3/t18-,19+,20-/m1/s1. The molecule has 1 aromatic carbocycles. The first-order valence-corrected chi connectivity index (χ1v) is 9.56. The number of hydrogen-bond donors (Lipinski definition) is 1. The maximum absolute atomic E-state index is 12.8. The van der Waals surface area contributed by atoms with E-state index in [2.05, 4.69) is 0 Å². The molecule has 2 fully saturated rings. The van der Waals surface area contributed by atoms with E-state index < -0.39 is 22.6 Å². The van der Waals surface area contributed by atoms with Crippen molar-refractivity contribution >= 4 is 23.5 Å². The van der Waals surface area contributed by atoms with Crippen LogP contribution in [0.5, 0.6) is 0 Å². The number of esters is 2. The van der Waals surface area contributed by atoms with Crippen LogP contribution in [0.2, 0.25) is 5.02 Å². The van der Waals surface area contributed by atoms with Gasteiger partial charge in [0, 0.05) is 5.02 Å². The topological polar surface area (TPSA) is 82.1 Å². The zero-order valence-electron chi connectivity index (χ0n) is 15.6. The summed E-state index contributed by atoms with van der Waals surface area (Å²) in [7, 11) is 1.35. The summed E-state index contributed by atoms with van der Waals surface area (Å²) < 4.78 is 17.0. The van der Waals surface area contributed by atoms with Crippen LogP contribution in [0.1, 0.15) is 49.4 Å². The molecule has 27 heavy (non-hydrogen) atoms. The number of benzene rings is 1. The molecule has 0 radical (unpaired) electrons. The summed E-state index contributed by atoms with van der Waals surface area (Å²) in [6, 6.07) is 6.49. The lowest BCUT2D eigenvalue weighted by atomic mass is 9.62. The Morgan fingerprint density at radius 3 is 2.74 bits per heavy atom. The number of ether oxygens (including phenoxy) is 3. The number of methoxy groups -OCH3 is 1. The minimum atomic E-state index is -1.03. The molecule has 7 heteroatoms. The zero-order valence-corrected chi connectivity index (χ0v) is 16.4. The van der Waals surface area contributed by atoms with Gasteiger partial charge in [0.15, 0.2) is 0 Å². The molecule has 3 atom stereocenters. The van der Waals surface area contributed by atoms with Gasteiger partial charge in [-0.1, -0.05) is 24.6 Å². The Hall–Kier alpha value is -1.63. The van der Waals surface area contributed by atoms with Crippen molar-refractivity contribution in [2.24, 2.45) is 5.41 Å². The van der Waals surface area contributed by atoms with Crippen molar-refractivity contribution in [3.63, 3.8) is 0 Å². The normalized spacial score (nSPS) is 32.1. The van der Waals surface area contributed by atoms with Crippen LogP contribution in [0.15, 0.2) is 24.3 Å². The largest absolute Gasteiger partial charge is 0.469 e. The monoisotopic (exact) mass is 396 g/mol. The van der Waals surface area contributed by atoms with Crippen molar-refractivity contribution in [1.82, 2.24) is 0 Å². The molecule has 2 bridgehead atoms. The fourth-order valence-corrected chi connectivity index (χ4v) is 4.90. The second-order valence-electron chi connectivity index (χ2n) is 7.48. The summed E-state index contributed by atoms with van der Waals surface area (Å²) in [4.78, 5) is 25.3. The van der Waals surface area contributed by atoms with Gasteiger partial charge >= 0.3 is 11.9 Å². The Morgan fingerprint density at radius 1 is 1.33 bits per heavy atom. The van der Waals surface area contributed by atoms with Gasteiger partial charge in [0.2, 0.25) is 0 Å². The number of fused-ring (bicyclic) bond motifs is 2. The highest BCUT2D eigenvalue weighted by Gasteiger charge is 2.70. The summed E-state index contributed by atoms with van der Waals surface area (Å²) in [6.07, 6.45) is 2.79. The second kappa shape index (κ2) is 7.41. The maximum Gasteiger partial charge on any atom is 0.338 e. The zero-order chi connectivity index (χ0) is 19.7. The van der Waals surface area contributed by atoms with E-state index in [1.807, 2.05) is 6.92 Å². The maximum atomic E-state index is 12.8. The van der Waals surface area contributed by atoms with Crippen LogP contribution < -0.4 is 0 Å². The molecule has 6 nitrogen and oxygen atoms in total. The van der Waals surface area contributed by atoms with Crippen molar-refractivity contribution in [3.05, 3.63) is 34.9 Å². The van der Waals surface area contributed by atoms with Gasteiger partial charge in [0.05, 0.1) is 24.9 Å². The molecule has 1 aliphatic carbocycles. The number of aliphatic hydroxyl groups is 1. The predicted molar refractivity (Wildman–Crippen MR) is 98.6 cm³/mol. The van der Waals surface area contributed by atoms with Gasteiger partial charge in [0.1, 0.15) is 17.6 Å². The highest BCUT2D eigenvalue weighted by atomic mass is 35.5. The average molecular weight is 397 g/mol. The van der Waals surface area contributed by atoms with E-state index in [9.17, 15) is 14.7 Å². The summed E-state index contributed by atoms with van der Waals surface area (Å²) in [5, 5.41) is 10.4. The van der Waals surface area contributed by atoms with Crippen LogP contribution in [-0.4, -0.2) is 48.6 Å². The number of hydrogen-bond acceptors (Lipinski definition) is 6. The first-order chi connectivity index (χ1) is 12.9. The number of halogens is 1. The fourth-order valence-electron chi connectivity index (χ4n) is 4.71. The molecular formula is C20H25ClO6. The molecule has 3 rings (SSSR count). The number of aliphatic hydroxyl groups excluding tert-OH is 1. The second-order valence-corrected chi connectivity index (χ2v) is 7.92. The molecule has 0 spiro atoms. The Labute approximate surface area is 163 Å². The first kappa shape index (κ1) is 20.1. The lowest BCUT2D eigenvalue weighted by molar-refractivity contribution is -0.180. The number of carbonyl (C=O) groups excluding carboxylic acids is 2. The summed E-state index contributed by atoms with van der Waals surface area (Å²) in [5.41, 5.74) is -2.44. The van der Waals surface area contributed by atoms with E-state index >= 15 is 0 Å². The van der Waals surface area contributed by atoms with Gasteiger partial charge in [-0.15, -0.1) is 0 Å². The quantitative estimate of drug-likeness (QED) is 0.744. The third kappa shape index (κ3) is 3.24. The summed E-state index contributed by atoms with van der Waals surface area (Å²) >= 11 is 5.94. The minimum absolute atomic E-state index is 0.0916. The van der Waals surface area contributed by atoms with Crippen LogP contribution in [0.3, 0.4) is 0 Å². The molecule has 0 unspecified atom stereocenters. The molecule has 0 amide bonds. The van der Waals surface area contributed by atoms with E-state index in [1.54, 1.807) is 18.2 Å². The molecule has 0 aromatic heterocycles. The molecule has 148 valence electrons. The third-order valence-electron chi connectivity index (χ3n) is 6.08. The van der Waals surface area contributed by atoms with E-state index in [-0.39, 0.29) is 19.2 Å². The van der Waals surface area contributed by atoms with Crippen LogP contribution in [0, 0.1) is 5.41 Å². The van der Waals surface area contributed by atoms with E-state index in [4.69, 9.17) is 25.8 Å². The van der Waals surface area contributed by atoms with Gasteiger partial charge in [0.25, 0.3) is 0 Å². The van der Waals surface area contributed by atoms with Crippen molar-refractivity contribution in [3.8, 4) is 0 Å². The van der Waals surface area contributed by atoms with Gasteiger partial charge in [-0.2, -0.15) is 0 Å². The van der Waals surface area contributed by atoms with Crippen molar-refractivity contribution < 1.29 is 28.9 Å². The Bertz CT molecular complexity index is 737. The SMILES string of the molecule is CC[C@]1(COC(=O)c2cccc(Cl)c2)O[C@]2(CO)CCC[C@@]1(C(=O)OC)C2. The molecule has 1 saturated heterocycles. The highest BCUT2D eigenvalue weighted by Crippen LogP contribution is 2.61. The fraction of sp³-hybridized carbons (Fsp3) is 0.600. The summed E-state index contributed by atoms with van der Waals surface area (Å²) in [6.45, 7) is 1.62. The van der Waals surface area contributed by atoms with E-state index in [1.165, 1.54) is 13.2 Å². The molecule has 1 aliphatic heterocycles. The molecule has 1 aromatic rings. The Kier molecular flexibility index (Phi) is 5.52. The van der Waals surface area contributed by atoms with Crippen LogP contribution in [-0.2, 0) is 19.0 Å². The lowest BCUT2D eigenvalue weighted by Gasteiger charge is -2.41. The minimum Gasteiger partial charge on any atom is -0.469 e. The number of carbonyl (C=O) groups is 2. The highest BCUT2D eigenvalue weighted by molar-refractivity contribution is 6.30. The van der Waals surface area contributed by atoms with Crippen LogP contribution >= 0.6 is 11.6 Å². The molecule has 1 heterocycles. The molecule has 1 saturated carbocycles. The summed E-state index contributed by atoms with van der Waals surface area (Å²) in [5.74, 6) is -0.911. The number of rotatable bonds is 6.